The maximum absolute atomic E-state index is 5.17. The fraction of sp³-hybridized carbons (Fsp3) is 0.333. The van der Waals surface area contributed by atoms with Gasteiger partial charge in [0.1, 0.15) is 11.6 Å². The molecule has 1 aromatic carbocycles. The summed E-state index contributed by atoms with van der Waals surface area (Å²) in [5.74, 6) is 2.36. The summed E-state index contributed by atoms with van der Waals surface area (Å²) >= 11 is 0. The highest BCUT2D eigenvalue weighted by Crippen LogP contribution is 2.25. The minimum absolute atomic E-state index is 0.655. The van der Waals surface area contributed by atoms with Crippen LogP contribution >= 0.6 is 0 Å². The molecule has 1 heterocycles. The number of rotatable bonds is 5. The second kappa shape index (κ2) is 6.23. The second-order valence-electron chi connectivity index (χ2n) is 4.48. The van der Waals surface area contributed by atoms with Gasteiger partial charge in [0.25, 0.3) is 0 Å². The van der Waals surface area contributed by atoms with Gasteiger partial charge in [0.05, 0.1) is 7.11 Å². The lowest BCUT2D eigenvalue weighted by molar-refractivity contribution is 0.415. The molecule has 106 valence electrons. The molecule has 0 saturated carbocycles. The minimum atomic E-state index is 0.655. The van der Waals surface area contributed by atoms with Crippen LogP contribution in [-0.4, -0.2) is 30.7 Å². The van der Waals surface area contributed by atoms with Crippen molar-refractivity contribution in [3.05, 3.63) is 36.0 Å². The van der Waals surface area contributed by atoms with Crippen molar-refractivity contribution in [1.82, 2.24) is 9.97 Å². The van der Waals surface area contributed by atoms with Crippen LogP contribution in [0.15, 0.2) is 30.3 Å². The molecule has 0 saturated heterocycles. The molecule has 5 nitrogen and oxygen atoms in total. The second-order valence-corrected chi connectivity index (χ2v) is 4.48. The Morgan fingerprint density at radius 2 is 1.90 bits per heavy atom. The van der Waals surface area contributed by atoms with Gasteiger partial charge in [0.2, 0.25) is 5.95 Å². The van der Waals surface area contributed by atoms with Gasteiger partial charge in [0.15, 0.2) is 0 Å². The SMILES string of the molecule is CCNc1nc(C)cc(N(C)c2ccc(OC)cc2)n1. The van der Waals surface area contributed by atoms with E-state index >= 15 is 0 Å². The van der Waals surface area contributed by atoms with E-state index in [4.69, 9.17) is 4.74 Å². The van der Waals surface area contributed by atoms with Crippen molar-refractivity contribution < 1.29 is 4.74 Å². The first kappa shape index (κ1) is 14.1. The molecule has 0 aliphatic carbocycles. The molecule has 1 aromatic heterocycles. The zero-order chi connectivity index (χ0) is 14.5. The summed E-state index contributed by atoms with van der Waals surface area (Å²) in [4.78, 5) is 10.9. The Labute approximate surface area is 119 Å². The molecule has 0 fully saturated rings. The van der Waals surface area contributed by atoms with Crippen LogP contribution in [0.4, 0.5) is 17.5 Å². The van der Waals surface area contributed by atoms with Crippen LogP contribution < -0.4 is 15.0 Å². The number of aromatic nitrogens is 2. The Morgan fingerprint density at radius 1 is 1.20 bits per heavy atom. The van der Waals surface area contributed by atoms with Gasteiger partial charge in [0, 0.05) is 31.0 Å². The molecule has 0 amide bonds. The number of aryl methyl sites for hydroxylation is 1. The summed E-state index contributed by atoms with van der Waals surface area (Å²) in [6.45, 7) is 4.79. The molecule has 2 rings (SSSR count). The van der Waals surface area contributed by atoms with Crippen molar-refractivity contribution >= 4 is 17.5 Å². The van der Waals surface area contributed by atoms with Crippen molar-refractivity contribution in [2.75, 3.05) is 30.9 Å². The van der Waals surface area contributed by atoms with Crippen molar-refractivity contribution in [3.8, 4) is 5.75 Å². The fourth-order valence-electron chi connectivity index (χ4n) is 1.90. The largest absolute Gasteiger partial charge is 0.497 e. The van der Waals surface area contributed by atoms with Crippen molar-refractivity contribution in [1.29, 1.82) is 0 Å². The molecular formula is C15H20N4O. The third-order valence-electron chi connectivity index (χ3n) is 2.98. The molecular weight excluding hydrogens is 252 g/mol. The molecule has 2 aromatic rings. The fourth-order valence-corrected chi connectivity index (χ4v) is 1.90. The van der Waals surface area contributed by atoms with E-state index in [1.165, 1.54) is 0 Å². The zero-order valence-electron chi connectivity index (χ0n) is 12.3. The van der Waals surface area contributed by atoms with E-state index in [-0.39, 0.29) is 0 Å². The predicted molar refractivity (Wildman–Crippen MR) is 82.0 cm³/mol. The lowest BCUT2D eigenvalue weighted by Gasteiger charge is -2.19. The summed E-state index contributed by atoms with van der Waals surface area (Å²) in [7, 11) is 3.65. The van der Waals surface area contributed by atoms with Gasteiger partial charge >= 0.3 is 0 Å². The van der Waals surface area contributed by atoms with Crippen LogP contribution in [0, 0.1) is 6.92 Å². The van der Waals surface area contributed by atoms with Crippen LogP contribution in [0.3, 0.4) is 0 Å². The standard InChI is InChI=1S/C15H20N4O/c1-5-16-15-17-11(2)10-14(18-15)19(3)12-6-8-13(20-4)9-7-12/h6-10H,5H2,1-4H3,(H,16,17,18). The van der Waals surface area contributed by atoms with Gasteiger partial charge in [-0.3, -0.25) is 0 Å². The summed E-state index contributed by atoms with van der Waals surface area (Å²) in [5, 5.41) is 3.14. The molecule has 0 aliphatic heterocycles. The number of nitrogens with zero attached hydrogens (tertiary/aromatic N) is 3. The highest BCUT2D eigenvalue weighted by atomic mass is 16.5. The summed E-state index contributed by atoms with van der Waals surface area (Å²) in [5.41, 5.74) is 1.98. The van der Waals surface area contributed by atoms with Crippen LogP contribution in [0.2, 0.25) is 0 Å². The van der Waals surface area contributed by atoms with Crippen molar-refractivity contribution in [2.45, 2.75) is 13.8 Å². The smallest absolute Gasteiger partial charge is 0.224 e. The van der Waals surface area contributed by atoms with Gasteiger partial charge in [-0.05, 0) is 38.1 Å². The predicted octanol–water partition coefficient (Wildman–Crippen LogP) is 2.99. The van der Waals surface area contributed by atoms with Gasteiger partial charge in [-0.1, -0.05) is 0 Å². The third-order valence-corrected chi connectivity index (χ3v) is 2.98. The van der Waals surface area contributed by atoms with E-state index < -0.39 is 0 Å². The van der Waals surface area contributed by atoms with Crippen LogP contribution in [-0.2, 0) is 0 Å². The molecule has 0 radical (unpaired) electrons. The molecule has 0 bridgehead atoms. The van der Waals surface area contributed by atoms with E-state index in [0.29, 0.717) is 5.95 Å². The number of hydrogen-bond acceptors (Lipinski definition) is 5. The first-order valence-corrected chi connectivity index (χ1v) is 6.61. The van der Waals surface area contributed by atoms with Gasteiger partial charge in [-0.15, -0.1) is 0 Å². The topological polar surface area (TPSA) is 50.3 Å². The number of ether oxygens (including phenoxy) is 1. The van der Waals surface area contributed by atoms with E-state index in [1.54, 1.807) is 7.11 Å². The molecule has 5 heteroatoms. The van der Waals surface area contributed by atoms with Crippen LogP contribution in [0.25, 0.3) is 0 Å². The molecule has 0 aliphatic rings. The normalized spacial score (nSPS) is 10.2. The van der Waals surface area contributed by atoms with Crippen molar-refractivity contribution in [3.63, 3.8) is 0 Å². The summed E-state index contributed by atoms with van der Waals surface area (Å²) in [6, 6.07) is 9.84. The van der Waals surface area contributed by atoms with Gasteiger partial charge in [-0.25, -0.2) is 4.98 Å². The van der Waals surface area contributed by atoms with Crippen LogP contribution in [0.5, 0.6) is 5.75 Å². The molecule has 1 N–H and O–H groups in total. The maximum Gasteiger partial charge on any atom is 0.224 e. The zero-order valence-corrected chi connectivity index (χ0v) is 12.3. The van der Waals surface area contributed by atoms with E-state index in [1.807, 2.05) is 56.1 Å². The van der Waals surface area contributed by atoms with Gasteiger partial charge < -0.3 is 15.0 Å². The molecule has 20 heavy (non-hydrogen) atoms. The number of anilines is 3. The first-order chi connectivity index (χ1) is 9.63. The molecule has 0 spiro atoms. The van der Waals surface area contributed by atoms with E-state index in [0.717, 1.165) is 29.5 Å². The average molecular weight is 272 g/mol. The quantitative estimate of drug-likeness (QED) is 0.906. The Balaban J connectivity index is 2.29. The average Bonchev–Trinajstić information content (AvgIpc) is 2.46. The summed E-state index contributed by atoms with van der Waals surface area (Å²) < 4.78 is 5.17. The summed E-state index contributed by atoms with van der Waals surface area (Å²) in [6.07, 6.45) is 0. The Bertz CT molecular complexity index is 569. The minimum Gasteiger partial charge on any atom is -0.497 e. The highest BCUT2D eigenvalue weighted by Gasteiger charge is 2.08. The van der Waals surface area contributed by atoms with Gasteiger partial charge in [-0.2, -0.15) is 4.98 Å². The van der Waals surface area contributed by atoms with Crippen molar-refractivity contribution in [2.24, 2.45) is 0 Å². The maximum atomic E-state index is 5.17. The van der Waals surface area contributed by atoms with E-state index in [2.05, 4.69) is 15.3 Å². The monoisotopic (exact) mass is 272 g/mol. The number of nitrogens with one attached hydrogen (secondary N) is 1. The first-order valence-electron chi connectivity index (χ1n) is 6.61. The third kappa shape index (κ3) is 3.17. The van der Waals surface area contributed by atoms with E-state index in [9.17, 15) is 0 Å². The number of benzene rings is 1. The number of methoxy groups -OCH3 is 1. The highest BCUT2D eigenvalue weighted by molar-refractivity contribution is 5.61. The Morgan fingerprint density at radius 3 is 2.50 bits per heavy atom. The Hall–Kier alpha value is -2.30. The number of hydrogen-bond donors (Lipinski definition) is 1. The molecule has 0 atom stereocenters. The lowest BCUT2D eigenvalue weighted by Crippen LogP contribution is -2.13. The lowest BCUT2D eigenvalue weighted by atomic mass is 10.2. The Kier molecular flexibility index (Phi) is 4.40. The molecule has 0 unspecified atom stereocenters. The van der Waals surface area contributed by atoms with Crippen LogP contribution in [0.1, 0.15) is 12.6 Å².